The van der Waals surface area contributed by atoms with Gasteiger partial charge in [-0.1, -0.05) is 0 Å². The molecule has 0 amide bonds. The molecule has 2 heteroatoms. The normalized spacial score (nSPS) is 6.29. The van der Waals surface area contributed by atoms with Gasteiger partial charge < -0.3 is 9.90 Å². The molecule has 7 heavy (non-hydrogen) atoms. The van der Waals surface area contributed by atoms with Crippen LogP contribution in [0.25, 0.3) is 0 Å². The lowest BCUT2D eigenvalue weighted by Gasteiger charge is -1.79. The first-order valence-electron chi connectivity index (χ1n) is 1.76. The Balaban J connectivity index is 3.45. The van der Waals surface area contributed by atoms with Crippen LogP contribution in [0.15, 0.2) is 0 Å². The number of carboxylic acid groups (broad SMARTS) is 1. The van der Waals surface area contributed by atoms with E-state index in [1.54, 1.807) is 5.92 Å². The average molecular weight is 96.1 g/mol. The fourth-order valence-electron chi connectivity index (χ4n) is 0.135. The molecule has 0 spiro atoms. The first-order valence-corrected chi connectivity index (χ1v) is 1.76. The topological polar surface area (TPSA) is 40.1 Å². The van der Waals surface area contributed by atoms with E-state index in [-0.39, 0.29) is 0 Å². The summed E-state index contributed by atoms with van der Waals surface area (Å²) in [5.74, 6) is 2.67. The highest BCUT2D eigenvalue weighted by Crippen LogP contribution is 1.62. The van der Waals surface area contributed by atoms with Gasteiger partial charge in [0, 0.05) is 0 Å². The molecule has 2 nitrogen and oxygen atoms in total. The highest BCUT2D eigenvalue weighted by molar-refractivity contribution is 5.84. The molecule has 0 bridgehead atoms. The Morgan fingerprint density at radius 2 is 2.43 bits per heavy atom. The van der Waals surface area contributed by atoms with E-state index < -0.39 is 5.97 Å². The molecular weight excluding hydrogens is 92.1 g/mol. The van der Waals surface area contributed by atoms with Gasteiger partial charge in [-0.2, -0.15) is 0 Å². The van der Waals surface area contributed by atoms with Crippen molar-refractivity contribution < 1.29 is 9.90 Å². The Morgan fingerprint density at radius 1 is 1.86 bits per heavy atom. The lowest BCUT2D eigenvalue weighted by atomic mass is 10.5. The molecule has 0 aromatic rings. The molecule has 0 saturated heterocycles. The number of carbonyl (C=O) groups excluding carboxylic acids is 1. The number of aliphatic carboxylic acids is 1. The largest absolute Gasteiger partial charge is 0.537 e. The third-order valence-corrected chi connectivity index (χ3v) is 0.315. The van der Waals surface area contributed by atoms with Crippen LogP contribution in [0.4, 0.5) is 0 Å². The smallest absolute Gasteiger partial charge is 0.145 e. The second-order valence-electron chi connectivity index (χ2n) is 0.839. The molecule has 0 heterocycles. The predicted octanol–water partition coefficient (Wildman–Crippen LogP) is -1.04. The number of carbonyl (C=O) groups is 1. The van der Waals surface area contributed by atoms with Gasteiger partial charge in [0.15, 0.2) is 0 Å². The van der Waals surface area contributed by atoms with Crippen LogP contribution < -0.4 is 5.11 Å². The first kappa shape index (κ1) is 5.90. The van der Waals surface area contributed by atoms with Crippen molar-refractivity contribution in [1.29, 1.82) is 0 Å². The molecule has 0 saturated carbocycles. The summed E-state index contributed by atoms with van der Waals surface area (Å²) in [6, 6.07) is 0. The van der Waals surface area contributed by atoms with Gasteiger partial charge in [-0.15, -0.1) is 0 Å². The molecule has 0 aromatic heterocycles. The van der Waals surface area contributed by atoms with Crippen LogP contribution in [0.1, 0.15) is 6.42 Å². The van der Waals surface area contributed by atoms with Gasteiger partial charge in [0.25, 0.3) is 0 Å². The zero-order valence-corrected chi connectivity index (χ0v) is 3.73. The lowest BCUT2D eigenvalue weighted by Crippen LogP contribution is -2.19. The van der Waals surface area contributed by atoms with Crippen LogP contribution in [-0.4, -0.2) is 5.97 Å². The fourth-order valence-corrected chi connectivity index (χ4v) is 0.135. The van der Waals surface area contributed by atoms with Crippen molar-refractivity contribution in [3.63, 3.8) is 0 Å². The predicted molar refractivity (Wildman–Crippen MR) is 22.8 cm³/mol. The van der Waals surface area contributed by atoms with Crippen LogP contribution in [0, 0.1) is 18.8 Å². The van der Waals surface area contributed by atoms with Crippen molar-refractivity contribution in [1.82, 2.24) is 0 Å². The van der Waals surface area contributed by atoms with E-state index in [2.05, 4.69) is 12.8 Å². The zero-order chi connectivity index (χ0) is 5.70. The summed E-state index contributed by atoms with van der Waals surface area (Å²) in [5, 5.41) is 9.45. The third-order valence-electron chi connectivity index (χ3n) is 0.315. The van der Waals surface area contributed by atoms with Gasteiger partial charge >= 0.3 is 0 Å². The SMILES string of the molecule is [CH2+]CC#CC(=O)[O-]. The van der Waals surface area contributed by atoms with Crippen LogP contribution in [0.5, 0.6) is 0 Å². The maximum Gasteiger partial charge on any atom is 0.145 e. The molecule has 0 rings (SSSR count). The Bertz CT molecular complexity index is 116. The highest BCUT2D eigenvalue weighted by Gasteiger charge is 1.67. The fraction of sp³-hybridized carbons (Fsp3) is 0.200. The van der Waals surface area contributed by atoms with Gasteiger partial charge in [-0.05, 0) is 11.8 Å². The second-order valence-corrected chi connectivity index (χ2v) is 0.839. The van der Waals surface area contributed by atoms with E-state index in [0.717, 1.165) is 0 Å². The van der Waals surface area contributed by atoms with E-state index in [4.69, 9.17) is 0 Å². The molecule has 36 valence electrons. The average Bonchev–Trinajstić information content (AvgIpc) is 1.61. The molecular formula is C5H4O2. The standard InChI is InChI=1S/C5H4O2/c1-2-3-4-5(6)7/h1-2H2. The summed E-state index contributed by atoms with van der Waals surface area (Å²) >= 11 is 0. The van der Waals surface area contributed by atoms with Crippen LogP contribution in [0.2, 0.25) is 0 Å². The minimum atomic E-state index is -1.34. The molecule has 0 aliphatic rings. The highest BCUT2D eigenvalue weighted by atomic mass is 16.4. The summed E-state index contributed by atoms with van der Waals surface area (Å²) in [5.41, 5.74) is 0. The molecule has 0 N–H and O–H groups in total. The van der Waals surface area contributed by atoms with E-state index in [0.29, 0.717) is 6.42 Å². The van der Waals surface area contributed by atoms with Gasteiger partial charge in [0.05, 0.1) is 6.92 Å². The van der Waals surface area contributed by atoms with Crippen molar-refractivity contribution in [2.24, 2.45) is 0 Å². The number of hydrogen-bond acceptors (Lipinski definition) is 2. The quantitative estimate of drug-likeness (QED) is 0.285. The second kappa shape index (κ2) is 3.10. The van der Waals surface area contributed by atoms with Crippen LogP contribution in [0.3, 0.4) is 0 Å². The van der Waals surface area contributed by atoms with E-state index >= 15 is 0 Å². The Labute approximate surface area is 42.2 Å². The van der Waals surface area contributed by atoms with Gasteiger partial charge in [-0.25, -0.2) is 0 Å². The Kier molecular flexibility index (Phi) is 2.62. The van der Waals surface area contributed by atoms with Crippen molar-refractivity contribution >= 4 is 5.97 Å². The lowest BCUT2D eigenvalue weighted by molar-refractivity contribution is -0.295. The van der Waals surface area contributed by atoms with E-state index in [1.165, 1.54) is 0 Å². The van der Waals surface area contributed by atoms with Gasteiger partial charge in [0.1, 0.15) is 12.4 Å². The van der Waals surface area contributed by atoms with Crippen molar-refractivity contribution in [3.8, 4) is 11.8 Å². The van der Waals surface area contributed by atoms with Gasteiger partial charge in [0.2, 0.25) is 0 Å². The summed E-state index contributed by atoms with van der Waals surface area (Å²) in [4.78, 5) is 9.45. The Hall–Kier alpha value is -1.10. The van der Waals surface area contributed by atoms with Crippen molar-refractivity contribution in [3.05, 3.63) is 6.92 Å². The molecule has 0 radical (unpaired) electrons. The molecule has 0 unspecified atom stereocenters. The van der Waals surface area contributed by atoms with E-state index in [1.807, 2.05) is 0 Å². The number of hydrogen-bond donors (Lipinski definition) is 0. The Morgan fingerprint density at radius 3 is 2.57 bits per heavy atom. The molecule has 0 aliphatic heterocycles. The zero-order valence-electron chi connectivity index (χ0n) is 3.73. The maximum absolute atomic E-state index is 9.45. The number of rotatable bonds is 0. The summed E-state index contributed by atoms with van der Waals surface area (Å²) < 4.78 is 0. The molecule has 0 aromatic carbocycles. The molecule has 0 aliphatic carbocycles. The summed E-state index contributed by atoms with van der Waals surface area (Å²) in [6.45, 7) is 3.29. The monoisotopic (exact) mass is 96.0 g/mol. The van der Waals surface area contributed by atoms with E-state index in [9.17, 15) is 9.90 Å². The molecule has 0 fully saturated rings. The molecule has 0 atom stereocenters. The van der Waals surface area contributed by atoms with Crippen LogP contribution >= 0.6 is 0 Å². The minimum Gasteiger partial charge on any atom is -0.537 e. The minimum absolute atomic E-state index is 0.313. The van der Waals surface area contributed by atoms with Crippen molar-refractivity contribution in [2.45, 2.75) is 6.42 Å². The third kappa shape index (κ3) is 4.90. The first-order chi connectivity index (χ1) is 3.27. The van der Waals surface area contributed by atoms with Gasteiger partial charge in [-0.3, -0.25) is 0 Å². The summed E-state index contributed by atoms with van der Waals surface area (Å²) in [7, 11) is 0. The number of carboxylic acids is 1. The summed E-state index contributed by atoms with van der Waals surface area (Å²) in [6.07, 6.45) is 0.313. The van der Waals surface area contributed by atoms with Crippen molar-refractivity contribution in [2.75, 3.05) is 0 Å². The van der Waals surface area contributed by atoms with Crippen LogP contribution in [-0.2, 0) is 4.79 Å². The maximum atomic E-state index is 9.45.